The summed E-state index contributed by atoms with van der Waals surface area (Å²) in [6.45, 7) is 4.78. The largest absolute Gasteiger partial charge is 0.456 e. The van der Waals surface area contributed by atoms with Gasteiger partial charge in [-0.3, -0.25) is 0 Å². The Bertz CT molecular complexity index is 3100. The molecular weight excluding hydrogens is 613 g/mol. The zero-order valence-electron chi connectivity index (χ0n) is 27.5. The van der Waals surface area contributed by atoms with Gasteiger partial charge in [-0.15, -0.1) is 0 Å². The third-order valence-corrected chi connectivity index (χ3v) is 11.5. The Labute approximate surface area is 287 Å². The van der Waals surface area contributed by atoms with Gasteiger partial charge in [0.1, 0.15) is 33.5 Å². The van der Waals surface area contributed by atoms with Crippen LogP contribution in [-0.4, -0.2) is 6.71 Å². The molecule has 0 bridgehead atoms. The van der Waals surface area contributed by atoms with E-state index in [1.54, 1.807) is 0 Å². The van der Waals surface area contributed by atoms with Crippen molar-refractivity contribution in [3.05, 3.63) is 145 Å². The molecule has 0 fully saturated rings. The quantitative estimate of drug-likeness (QED) is 0.167. The van der Waals surface area contributed by atoms with Crippen molar-refractivity contribution in [1.82, 2.24) is 0 Å². The second kappa shape index (κ2) is 9.07. The minimum absolute atomic E-state index is 0.0153. The first-order valence-corrected chi connectivity index (χ1v) is 17.3. The highest BCUT2D eigenvalue weighted by atomic mass is 16.3. The zero-order valence-corrected chi connectivity index (χ0v) is 27.5. The Kier molecular flexibility index (Phi) is 4.85. The molecule has 0 atom stereocenters. The number of rotatable bonds is 1. The van der Waals surface area contributed by atoms with Crippen molar-refractivity contribution in [1.29, 1.82) is 0 Å². The number of furan rings is 3. The summed E-state index contributed by atoms with van der Waals surface area (Å²) >= 11 is 0. The van der Waals surface area contributed by atoms with E-state index in [0.29, 0.717) is 0 Å². The van der Waals surface area contributed by atoms with Crippen LogP contribution in [0.25, 0.3) is 65.8 Å². The van der Waals surface area contributed by atoms with Gasteiger partial charge in [0.05, 0.1) is 0 Å². The fourth-order valence-corrected chi connectivity index (χ4v) is 9.41. The molecule has 5 heterocycles. The lowest BCUT2D eigenvalue weighted by molar-refractivity contribution is 0.646. The van der Waals surface area contributed by atoms with Gasteiger partial charge in [0.2, 0.25) is 6.71 Å². The number of fused-ring (bicyclic) bond motifs is 14. The van der Waals surface area contributed by atoms with Crippen LogP contribution < -0.4 is 21.3 Å². The second-order valence-corrected chi connectivity index (χ2v) is 14.4. The van der Waals surface area contributed by atoms with Gasteiger partial charge in [-0.2, -0.15) is 0 Å². The molecule has 0 saturated carbocycles. The van der Waals surface area contributed by atoms with Gasteiger partial charge in [-0.05, 0) is 52.4 Å². The fourth-order valence-electron chi connectivity index (χ4n) is 9.41. The summed E-state index contributed by atoms with van der Waals surface area (Å²) in [6, 6.07) is 47.7. The van der Waals surface area contributed by atoms with Crippen LogP contribution in [0.4, 0.5) is 17.1 Å². The fraction of sp³-hybridized carbons (Fsp3) is 0.0667. The molecule has 0 amide bonds. The van der Waals surface area contributed by atoms with Crippen LogP contribution in [-0.2, 0) is 5.41 Å². The predicted octanol–water partition coefficient (Wildman–Crippen LogP) is 10.3. The molecule has 4 nitrogen and oxygen atoms in total. The van der Waals surface area contributed by atoms with Crippen LogP contribution in [0.5, 0.6) is 0 Å². The maximum atomic E-state index is 6.73. The summed E-state index contributed by atoms with van der Waals surface area (Å²) in [6.07, 6.45) is 0. The molecule has 0 N–H and O–H groups in total. The SMILES string of the molecule is CC1(C)c2ccccc2B2c3cc4c(cc3N(c3ccc5c(c3)oc3ccccc35)c3cc5oc6ccccc6c5c1c32)oc1ccccc14. The highest BCUT2D eigenvalue weighted by molar-refractivity contribution is 6.99. The molecule has 12 rings (SSSR count). The monoisotopic (exact) mass is 641 g/mol. The number of hydrogen-bond acceptors (Lipinski definition) is 4. The van der Waals surface area contributed by atoms with Crippen molar-refractivity contribution in [2.75, 3.05) is 4.90 Å². The van der Waals surface area contributed by atoms with E-state index in [4.69, 9.17) is 13.3 Å². The Balaban J connectivity index is 1.27. The summed E-state index contributed by atoms with van der Waals surface area (Å²) in [5, 5.41) is 6.86. The lowest BCUT2D eigenvalue weighted by Gasteiger charge is -2.45. The Hall–Kier alpha value is -6.20. The lowest BCUT2D eigenvalue weighted by atomic mass is 9.30. The van der Waals surface area contributed by atoms with Crippen molar-refractivity contribution in [3.8, 4) is 0 Å². The van der Waals surface area contributed by atoms with Crippen molar-refractivity contribution >= 4 is 106 Å². The first-order chi connectivity index (χ1) is 24.5. The topological polar surface area (TPSA) is 42.7 Å². The molecule has 234 valence electrons. The molecule has 2 aliphatic rings. The van der Waals surface area contributed by atoms with E-state index in [-0.39, 0.29) is 12.1 Å². The van der Waals surface area contributed by atoms with Gasteiger partial charge >= 0.3 is 0 Å². The van der Waals surface area contributed by atoms with E-state index >= 15 is 0 Å². The normalized spacial score (nSPS) is 14.7. The predicted molar refractivity (Wildman–Crippen MR) is 206 cm³/mol. The molecule has 0 spiro atoms. The molecule has 0 unspecified atom stereocenters. The molecule has 5 heteroatoms. The van der Waals surface area contributed by atoms with Crippen molar-refractivity contribution < 1.29 is 13.3 Å². The molecule has 7 aromatic carbocycles. The third-order valence-electron chi connectivity index (χ3n) is 11.5. The highest BCUT2D eigenvalue weighted by Crippen LogP contribution is 2.49. The average molecular weight is 642 g/mol. The number of benzene rings is 7. The van der Waals surface area contributed by atoms with Gasteiger partial charge in [0.25, 0.3) is 0 Å². The van der Waals surface area contributed by atoms with Crippen LogP contribution in [0.1, 0.15) is 25.0 Å². The summed E-state index contributed by atoms with van der Waals surface area (Å²) in [7, 11) is 0. The van der Waals surface area contributed by atoms with E-state index in [9.17, 15) is 0 Å². The van der Waals surface area contributed by atoms with Crippen LogP contribution >= 0.6 is 0 Å². The van der Waals surface area contributed by atoms with Crippen molar-refractivity contribution in [2.24, 2.45) is 0 Å². The maximum Gasteiger partial charge on any atom is 0.247 e. The lowest BCUT2D eigenvalue weighted by Crippen LogP contribution is -2.64. The van der Waals surface area contributed by atoms with E-state index in [1.165, 1.54) is 32.9 Å². The van der Waals surface area contributed by atoms with E-state index in [1.807, 2.05) is 18.2 Å². The Morgan fingerprint density at radius 1 is 0.480 bits per heavy atom. The molecule has 3 aromatic heterocycles. The van der Waals surface area contributed by atoms with Crippen LogP contribution in [0, 0.1) is 0 Å². The second-order valence-electron chi connectivity index (χ2n) is 14.4. The molecule has 50 heavy (non-hydrogen) atoms. The maximum absolute atomic E-state index is 6.73. The highest BCUT2D eigenvalue weighted by Gasteiger charge is 2.48. The summed E-state index contributed by atoms with van der Waals surface area (Å²) in [4.78, 5) is 2.42. The zero-order chi connectivity index (χ0) is 32.9. The van der Waals surface area contributed by atoms with Crippen molar-refractivity contribution in [3.63, 3.8) is 0 Å². The standard InChI is InChI=1S/C45H28BNO3/c1-45(2)31-14-6-7-15-32(31)46-33-22-30-27-12-4-9-17-37(27)49-40(30)23-34(33)47(25-19-20-28-26-11-3-8-16-36(26)48-39(28)21-25)35-24-41-42(43(45)44(35)46)29-13-5-10-18-38(29)50-41/h3-24H,1-2H3. The van der Waals surface area contributed by atoms with Gasteiger partial charge in [-0.25, -0.2) is 0 Å². The van der Waals surface area contributed by atoms with Crippen LogP contribution in [0.2, 0.25) is 0 Å². The molecule has 10 aromatic rings. The van der Waals surface area contributed by atoms with E-state index in [2.05, 4.69) is 134 Å². The van der Waals surface area contributed by atoms with Gasteiger partial charge in [0.15, 0.2) is 0 Å². The summed E-state index contributed by atoms with van der Waals surface area (Å²) in [5.74, 6) is 0. The van der Waals surface area contributed by atoms with Gasteiger partial charge < -0.3 is 18.2 Å². The Morgan fingerprint density at radius 2 is 1.06 bits per heavy atom. The average Bonchev–Trinajstić information content (AvgIpc) is 3.82. The number of para-hydroxylation sites is 3. The number of anilines is 3. The smallest absolute Gasteiger partial charge is 0.247 e. The molecule has 0 radical (unpaired) electrons. The molecule has 0 aliphatic carbocycles. The minimum atomic E-state index is -0.290. The molecule has 0 saturated heterocycles. The van der Waals surface area contributed by atoms with E-state index in [0.717, 1.165) is 77.5 Å². The first kappa shape index (κ1) is 26.7. The first-order valence-electron chi connectivity index (χ1n) is 17.3. The summed E-state index contributed by atoms with van der Waals surface area (Å²) in [5.41, 5.74) is 14.9. The minimum Gasteiger partial charge on any atom is -0.456 e. The molecule has 2 aliphatic heterocycles. The van der Waals surface area contributed by atoms with Crippen LogP contribution in [0.3, 0.4) is 0 Å². The van der Waals surface area contributed by atoms with Crippen molar-refractivity contribution in [2.45, 2.75) is 19.3 Å². The summed E-state index contributed by atoms with van der Waals surface area (Å²) < 4.78 is 19.8. The van der Waals surface area contributed by atoms with Crippen LogP contribution in [0.15, 0.2) is 147 Å². The van der Waals surface area contributed by atoms with E-state index < -0.39 is 0 Å². The molecular formula is C45H28BNO3. The van der Waals surface area contributed by atoms with Gasteiger partial charge in [0, 0.05) is 73.0 Å². The van der Waals surface area contributed by atoms with Gasteiger partial charge in [-0.1, -0.05) is 104 Å². The Morgan fingerprint density at radius 3 is 1.84 bits per heavy atom. The number of nitrogens with zero attached hydrogens (tertiary/aromatic N) is 1. The third kappa shape index (κ3) is 3.23. The number of hydrogen-bond donors (Lipinski definition) is 0.